The minimum absolute atomic E-state index is 0.206. The summed E-state index contributed by atoms with van der Waals surface area (Å²) in [6.07, 6.45) is 0. The second-order valence-corrected chi connectivity index (χ2v) is 7.24. The third kappa shape index (κ3) is 3.28. The van der Waals surface area contributed by atoms with E-state index in [0.717, 1.165) is 19.6 Å². The lowest BCUT2D eigenvalue weighted by Crippen LogP contribution is -2.48. The van der Waals surface area contributed by atoms with E-state index < -0.39 is 10.0 Å². The van der Waals surface area contributed by atoms with E-state index in [-0.39, 0.29) is 5.75 Å². The largest absolute Gasteiger partial charge is 0.296 e. The van der Waals surface area contributed by atoms with Crippen molar-refractivity contribution in [1.82, 2.24) is 9.21 Å². The van der Waals surface area contributed by atoms with Crippen LogP contribution in [0.5, 0.6) is 0 Å². The van der Waals surface area contributed by atoms with Crippen LogP contribution in [-0.2, 0) is 16.6 Å². The van der Waals surface area contributed by atoms with Gasteiger partial charge in [0.1, 0.15) is 0 Å². The van der Waals surface area contributed by atoms with Gasteiger partial charge < -0.3 is 0 Å². The van der Waals surface area contributed by atoms with Crippen molar-refractivity contribution < 1.29 is 8.42 Å². The lowest BCUT2D eigenvalue weighted by molar-refractivity contribution is 0.182. The maximum atomic E-state index is 11.7. The van der Waals surface area contributed by atoms with Gasteiger partial charge in [-0.05, 0) is 29.3 Å². The van der Waals surface area contributed by atoms with E-state index in [9.17, 15) is 8.42 Å². The molecular formula is C11H18N2O2S2. The molecule has 1 aliphatic rings. The SMILES string of the molecule is CCS(=O)(=O)N1CCN(Cc2ccsc2)CC1. The highest BCUT2D eigenvalue weighted by molar-refractivity contribution is 7.89. The summed E-state index contributed by atoms with van der Waals surface area (Å²) in [7, 11) is -3.00. The van der Waals surface area contributed by atoms with Crippen molar-refractivity contribution in [2.24, 2.45) is 0 Å². The predicted molar refractivity (Wildman–Crippen MR) is 70.6 cm³/mol. The number of hydrogen-bond donors (Lipinski definition) is 0. The highest BCUT2D eigenvalue weighted by Gasteiger charge is 2.25. The van der Waals surface area contributed by atoms with Gasteiger partial charge in [-0.3, -0.25) is 4.90 Å². The average molecular weight is 274 g/mol. The first kappa shape index (κ1) is 13.0. The monoisotopic (exact) mass is 274 g/mol. The molecule has 1 aliphatic heterocycles. The fourth-order valence-corrected chi connectivity index (χ4v) is 3.73. The molecule has 0 radical (unpaired) electrons. The zero-order chi connectivity index (χ0) is 12.3. The Hall–Kier alpha value is -0.430. The summed E-state index contributed by atoms with van der Waals surface area (Å²) in [4.78, 5) is 2.31. The fraction of sp³-hybridized carbons (Fsp3) is 0.636. The van der Waals surface area contributed by atoms with Crippen LogP contribution in [0.1, 0.15) is 12.5 Å². The van der Waals surface area contributed by atoms with Crippen LogP contribution >= 0.6 is 11.3 Å². The molecule has 1 saturated heterocycles. The molecule has 2 heterocycles. The van der Waals surface area contributed by atoms with E-state index in [1.807, 2.05) is 0 Å². The summed E-state index contributed by atoms with van der Waals surface area (Å²) in [5.74, 6) is 0.206. The fourth-order valence-electron chi connectivity index (χ4n) is 1.99. The van der Waals surface area contributed by atoms with Gasteiger partial charge >= 0.3 is 0 Å². The molecule has 1 fully saturated rings. The normalized spacial score (nSPS) is 19.6. The number of hydrogen-bond acceptors (Lipinski definition) is 4. The molecule has 6 heteroatoms. The summed E-state index contributed by atoms with van der Waals surface area (Å²) >= 11 is 1.70. The molecule has 0 spiro atoms. The molecule has 96 valence electrons. The maximum absolute atomic E-state index is 11.7. The van der Waals surface area contributed by atoms with E-state index in [1.54, 1.807) is 22.6 Å². The van der Waals surface area contributed by atoms with Crippen molar-refractivity contribution in [3.8, 4) is 0 Å². The van der Waals surface area contributed by atoms with Gasteiger partial charge in [0.25, 0.3) is 0 Å². The Labute approximate surface area is 107 Å². The molecule has 1 aromatic heterocycles. The zero-order valence-electron chi connectivity index (χ0n) is 10.0. The highest BCUT2D eigenvalue weighted by Crippen LogP contribution is 2.13. The minimum Gasteiger partial charge on any atom is -0.296 e. The third-order valence-corrected chi connectivity index (χ3v) is 5.69. The van der Waals surface area contributed by atoms with Crippen molar-refractivity contribution in [1.29, 1.82) is 0 Å². The lowest BCUT2D eigenvalue weighted by atomic mass is 10.3. The van der Waals surface area contributed by atoms with Crippen molar-refractivity contribution in [2.45, 2.75) is 13.5 Å². The Morgan fingerprint density at radius 2 is 2.00 bits per heavy atom. The Bertz CT molecular complexity index is 434. The minimum atomic E-state index is -3.00. The molecule has 4 nitrogen and oxygen atoms in total. The average Bonchev–Trinajstić information content (AvgIpc) is 2.83. The van der Waals surface area contributed by atoms with Crippen LogP contribution in [0.3, 0.4) is 0 Å². The second kappa shape index (κ2) is 5.48. The number of piperazine rings is 1. The van der Waals surface area contributed by atoms with Crippen molar-refractivity contribution in [3.05, 3.63) is 22.4 Å². The summed E-state index contributed by atoms with van der Waals surface area (Å²) in [5, 5.41) is 4.22. The summed E-state index contributed by atoms with van der Waals surface area (Å²) in [5.41, 5.74) is 1.32. The molecule has 17 heavy (non-hydrogen) atoms. The molecule has 0 unspecified atom stereocenters. The van der Waals surface area contributed by atoms with Crippen LogP contribution < -0.4 is 0 Å². The second-order valence-electron chi connectivity index (χ2n) is 4.21. The van der Waals surface area contributed by atoms with E-state index in [1.165, 1.54) is 5.56 Å². The number of rotatable bonds is 4. The van der Waals surface area contributed by atoms with Gasteiger partial charge in [0.05, 0.1) is 5.75 Å². The number of nitrogens with zero attached hydrogens (tertiary/aromatic N) is 2. The Kier molecular flexibility index (Phi) is 4.19. The van der Waals surface area contributed by atoms with Crippen LogP contribution in [0.2, 0.25) is 0 Å². The molecular weight excluding hydrogens is 256 g/mol. The van der Waals surface area contributed by atoms with Crippen LogP contribution in [0, 0.1) is 0 Å². The first-order valence-corrected chi connectivity index (χ1v) is 8.38. The molecule has 0 atom stereocenters. The quantitative estimate of drug-likeness (QED) is 0.829. The smallest absolute Gasteiger partial charge is 0.213 e. The topological polar surface area (TPSA) is 40.6 Å². The number of sulfonamides is 1. The summed E-state index contributed by atoms with van der Waals surface area (Å²) in [6, 6.07) is 2.12. The molecule has 0 saturated carbocycles. The van der Waals surface area contributed by atoms with Gasteiger partial charge in [-0.1, -0.05) is 0 Å². The van der Waals surface area contributed by atoms with Gasteiger partial charge in [-0.15, -0.1) is 0 Å². The van der Waals surface area contributed by atoms with Gasteiger partial charge in [-0.25, -0.2) is 8.42 Å². The van der Waals surface area contributed by atoms with E-state index in [0.29, 0.717) is 13.1 Å². The number of thiophene rings is 1. The zero-order valence-corrected chi connectivity index (χ0v) is 11.6. The summed E-state index contributed by atoms with van der Waals surface area (Å²) in [6.45, 7) is 5.54. The lowest BCUT2D eigenvalue weighted by Gasteiger charge is -2.33. The molecule has 0 N–H and O–H groups in total. The standard InChI is InChI=1S/C11H18N2O2S2/c1-2-17(14,15)13-6-4-12(5-7-13)9-11-3-8-16-10-11/h3,8,10H,2,4-7,9H2,1H3. The first-order valence-electron chi connectivity index (χ1n) is 5.83. The molecule has 0 aliphatic carbocycles. The Balaban J connectivity index is 1.86. The van der Waals surface area contributed by atoms with Gasteiger partial charge in [0.2, 0.25) is 10.0 Å². The van der Waals surface area contributed by atoms with Crippen molar-refractivity contribution in [2.75, 3.05) is 31.9 Å². The summed E-state index contributed by atoms with van der Waals surface area (Å²) < 4.78 is 25.0. The molecule has 0 bridgehead atoms. The Morgan fingerprint density at radius 3 is 2.53 bits per heavy atom. The van der Waals surface area contributed by atoms with Crippen LogP contribution in [0.4, 0.5) is 0 Å². The molecule has 0 aromatic carbocycles. The molecule has 0 amide bonds. The molecule has 2 rings (SSSR count). The van der Waals surface area contributed by atoms with Gasteiger partial charge in [-0.2, -0.15) is 15.6 Å². The van der Waals surface area contributed by atoms with E-state index in [4.69, 9.17) is 0 Å². The van der Waals surface area contributed by atoms with E-state index in [2.05, 4.69) is 21.7 Å². The third-order valence-electron chi connectivity index (χ3n) is 3.08. The first-order chi connectivity index (χ1) is 8.12. The van der Waals surface area contributed by atoms with Gasteiger partial charge in [0.15, 0.2) is 0 Å². The Morgan fingerprint density at radius 1 is 1.29 bits per heavy atom. The van der Waals surface area contributed by atoms with Crippen LogP contribution in [-0.4, -0.2) is 49.6 Å². The highest BCUT2D eigenvalue weighted by atomic mass is 32.2. The van der Waals surface area contributed by atoms with E-state index >= 15 is 0 Å². The van der Waals surface area contributed by atoms with Crippen molar-refractivity contribution >= 4 is 21.4 Å². The van der Waals surface area contributed by atoms with Crippen molar-refractivity contribution in [3.63, 3.8) is 0 Å². The molecule has 1 aromatic rings. The van der Waals surface area contributed by atoms with Gasteiger partial charge in [0, 0.05) is 32.7 Å². The van der Waals surface area contributed by atoms with Crippen LogP contribution in [0.15, 0.2) is 16.8 Å². The van der Waals surface area contributed by atoms with Crippen LogP contribution in [0.25, 0.3) is 0 Å². The maximum Gasteiger partial charge on any atom is 0.213 e. The predicted octanol–water partition coefficient (Wildman–Crippen LogP) is 1.22.